The molecule has 2 aromatic heterocycles. The first kappa shape index (κ1) is 28.6. The van der Waals surface area contributed by atoms with Gasteiger partial charge in [-0.2, -0.15) is 13.2 Å². The Morgan fingerprint density at radius 3 is 2.35 bits per heavy atom. The molecule has 3 aromatic rings. The summed E-state index contributed by atoms with van der Waals surface area (Å²) in [6.45, 7) is 3.97. The van der Waals surface area contributed by atoms with Crippen LogP contribution >= 0.6 is 0 Å². The SMILES string of the molecule is CN1CCN(C(=O)COc2ccc(-c3cc(-c4cc5c([nH]4)CCNC5=O)ccn3)cc2)CC1.O=C(O)C(F)(F)F. The number of piperazine rings is 1. The minimum absolute atomic E-state index is 0.0175. The van der Waals surface area contributed by atoms with Crippen molar-refractivity contribution in [3.63, 3.8) is 0 Å². The smallest absolute Gasteiger partial charge is 0.484 e. The first-order valence-corrected chi connectivity index (χ1v) is 12.5. The van der Waals surface area contributed by atoms with E-state index in [2.05, 4.69) is 27.2 Å². The van der Waals surface area contributed by atoms with Crippen molar-refractivity contribution in [3.05, 3.63) is 59.9 Å². The summed E-state index contributed by atoms with van der Waals surface area (Å²) in [4.78, 5) is 45.3. The molecular formula is C27H28F3N5O5. The number of aromatic nitrogens is 2. The molecular weight excluding hydrogens is 531 g/mol. The monoisotopic (exact) mass is 559 g/mol. The number of pyridine rings is 1. The Morgan fingerprint density at radius 1 is 1.05 bits per heavy atom. The summed E-state index contributed by atoms with van der Waals surface area (Å²) < 4.78 is 37.5. The van der Waals surface area contributed by atoms with Crippen LogP contribution in [-0.2, 0) is 16.0 Å². The van der Waals surface area contributed by atoms with Gasteiger partial charge >= 0.3 is 12.1 Å². The van der Waals surface area contributed by atoms with Gasteiger partial charge in [-0.1, -0.05) is 0 Å². The van der Waals surface area contributed by atoms with E-state index in [0.29, 0.717) is 17.9 Å². The molecule has 13 heteroatoms. The molecule has 0 bridgehead atoms. The van der Waals surface area contributed by atoms with Crippen molar-refractivity contribution in [3.8, 4) is 28.3 Å². The predicted molar refractivity (Wildman–Crippen MR) is 139 cm³/mol. The fourth-order valence-corrected chi connectivity index (χ4v) is 4.22. The molecule has 10 nitrogen and oxygen atoms in total. The standard InChI is InChI=1S/C25H27N5O3.C2HF3O2/c1-29-10-12-30(13-11-29)24(31)16-33-19-4-2-17(3-5-19)22-14-18(6-8-26-22)23-15-20-21(28-23)7-9-27-25(20)32;3-2(4,5)1(6)7/h2-6,8,14-15,28H,7,9-13,16H2,1H3,(H,27,32);(H,6,7). The van der Waals surface area contributed by atoms with Crippen molar-refractivity contribution in [2.24, 2.45) is 0 Å². The molecule has 0 spiro atoms. The molecule has 2 aliphatic rings. The van der Waals surface area contributed by atoms with Gasteiger partial charge in [0.05, 0.1) is 11.3 Å². The van der Waals surface area contributed by atoms with Crippen molar-refractivity contribution in [1.29, 1.82) is 0 Å². The van der Waals surface area contributed by atoms with Crippen LogP contribution < -0.4 is 10.1 Å². The van der Waals surface area contributed by atoms with Crippen molar-refractivity contribution in [2.45, 2.75) is 12.6 Å². The van der Waals surface area contributed by atoms with Crippen molar-refractivity contribution in [2.75, 3.05) is 46.4 Å². The lowest BCUT2D eigenvalue weighted by molar-refractivity contribution is -0.192. The largest absolute Gasteiger partial charge is 0.490 e. The minimum atomic E-state index is -5.08. The minimum Gasteiger partial charge on any atom is -0.484 e. The zero-order valence-corrected chi connectivity index (χ0v) is 21.6. The highest BCUT2D eigenvalue weighted by molar-refractivity contribution is 5.97. The predicted octanol–water partition coefficient (Wildman–Crippen LogP) is 2.82. The number of likely N-dealkylation sites (N-methyl/N-ethyl adjacent to an activating group) is 1. The van der Waals surface area contributed by atoms with Crippen molar-refractivity contribution in [1.82, 2.24) is 25.1 Å². The summed E-state index contributed by atoms with van der Waals surface area (Å²) in [5.74, 6) is -2.12. The number of hydrogen-bond donors (Lipinski definition) is 3. The van der Waals surface area contributed by atoms with Gasteiger partial charge in [0, 0.05) is 67.9 Å². The summed E-state index contributed by atoms with van der Waals surface area (Å²) in [7, 11) is 2.06. The summed E-state index contributed by atoms with van der Waals surface area (Å²) in [5, 5.41) is 10.00. The van der Waals surface area contributed by atoms with Gasteiger partial charge in [-0.3, -0.25) is 14.6 Å². The van der Waals surface area contributed by atoms with Crippen LogP contribution in [0.2, 0.25) is 0 Å². The average Bonchev–Trinajstić information content (AvgIpc) is 3.38. The number of aliphatic carboxylic acids is 1. The number of ether oxygens (including phenoxy) is 1. The van der Waals surface area contributed by atoms with Crippen molar-refractivity contribution >= 4 is 17.8 Å². The van der Waals surface area contributed by atoms with Gasteiger partial charge in [0.25, 0.3) is 11.8 Å². The number of carboxylic acid groups (broad SMARTS) is 1. The third kappa shape index (κ3) is 7.17. The quantitative estimate of drug-likeness (QED) is 0.439. The Hall–Kier alpha value is -4.39. The van der Waals surface area contributed by atoms with Crippen molar-refractivity contribution < 1.29 is 37.4 Å². The number of hydrogen-bond acceptors (Lipinski definition) is 6. The molecule has 3 N–H and O–H groups in total. The second kappa shape index (κ2) is 12.2. The number of benzene rings is 1. The molecule has 40 heavy (non-hydrogen) atoms. The fraction of sp³-hybridized carbons (Fsp3) is 0.333. The third-order valence-corrected chi connectivity index (χ3v) is 6.49. The number of carboxylic acids is 1. The van der Waals surface area contributed by atoms with Gasteiger partial charge < -0.3 is 29.9 Å². The second-order valence-corrected chi connectivity index (χ2v) is 9.31. The number of carbonyl (C=O) groups is 3. The van der Waals surface area contributed by atoms with E-state index >= 15 is 0 Å². The highest BCUT2D eigenvalue weighted by Crippen LogP contribution is 2.28. The van der Waals surface area contributed by atoms with E-state index in [1.807, 2.05) is 47.4 Å². The van der Waals surface area contributed by atoms with E-state index in [1.54, 1.807) is 6.20 Å². The van der Waals surface area contributed by atoms with E-state index in [1.165, 1.54) is 0 Å². The molecule has 2 amide bonds. The molecule has 2 aliphatic heterocycles. The summed E-state index contributed by atoms with van der Waals surface area (Å²) >= 11 is 0. The number of amides is 2. The van der Waals surface area contributed by atoms with Crippen LogP contribution in [0.25, 0.3) is 22.5 Å². The molecule has 0 unspecified atom stereocenters. The van der Waals surface area contributed by atoms with Crippen LogP contribution in [0.5, 0.6) is 5.75 Å². The lowest BCUT2D eigenvalue weighted by Gasteiger charge is -2.32. The molecule has 1 aromatic carbocycles. The summed E-state index contributed by atoms with van der Waals surface area (Å²) in [6, 6.07) is 13.4. The number of nitrogens with zero attached hydrogens (tertiary/aromatic N) is 3. The molecule has 0 atom stereocenters. The van der Waals surface area contributed by atoms with Gasteiger partial charge in [-0.15, -0.1) is 0 Å². The highest BCUT2D eigenvalue weighted by Gasteiger charge is 2.38. The maximum atomic E-state index is 12.4. The Morgan fingerprint density at radius 2 is 1.73 bits per heavy atom. The zero-order chi connectivity index (χ0) is 28.9. The Bertz CT molecular complexity index is 1370. The van der Waals surface area contributed by atoms with E-state index in [4.69, 9.17) is 14.6 Å². The Labute approximate surface area is 227 Å². The number of H-pyrrole nitrogens is 1. The molecule has 0 radical (unpaired) electrons. The van der Waals surface area contributed by atoms with E-state index in [0.717, 1.165) is 60.8 Å². The van der Waals surface area contributed by atoms with E-state index in [9.17, 15) is 22.8 Å². The topological polar surface area (TPSA) is 128 Å². The normalized spacial score (nSPS) is 15.4. The highest BCUT2D eigenvalue weighted by atomic mass is 19.4. The summed E-state index contributed by atoms with van der Waals surface area (Å²) in [5.41, 5.74) is 5.33. The Kier molecular flexibility index (Phi) is 8.73. The second-order valence-electron chi connectivity index (χ2n) is 9.31. The number of aromatic amines is 1. The summed E-state index contributed by atoms with van der Waals surface area (Å²) in [6.07, 6.45) is -2.51. The molecule has 5 rings (SSSR count). The molecule has 1 saturated heterocycles. The first-order valence-electron chi connectivity index (χ1n) is 12.5. The van der Waals surface area contributed by atoms with Gasteiger partial charge in [-0.05, 0) is 49.5 Å². The van der Waals surface area contributed by atoms with Gasteiger partial charge in [0.1, 0.15) is 5.75 Å². The molecule has 0 aliphatic carbocycles. The Balaban J connectivity index is 0.000000470. The van der Waals surface area contributed by atoms with Crippen LogP contribution in [0.15, 0.2) is 48.7 Å². The number of rotatable bonds is 5. The zero-order valence-electron chi connectivity index (χ0n) is 21.6. The molecule has 0 saturated carbocycles. The average molecular weight is 560 g/mol. The van der Waals surface area contributed by atoms with Crippen LogP contribution in [0.1, 0.15) is 16.1 Å². The maximum Gasteiger partial charge on any atom is 0.490 e. The number of fused-ring (bicyclic) bond motifs is 1. The van der Waals surface area contributed by atoms with Gasteiger partial charge in [-0.25, -0.2) is 4.79 Å². The molecule has 4 heterocycles. The molecule has 212 valence electrons. The van der Waals surface area contributed by atoms with Crippen LogP contribution in [0.4, 0.5) is 13.2 Å². The van der Waals surface area contributed by atoms with Crippen LogP contribution in [-0.4, -0.2) is 95.2 Å². The fourth-order valence-electron chi connectivity index (χ4n) is 4.22. The number of nitrogens with one attached hydrogen (secondary N) is 2. The third-order valence-electron chi connectivity index (χ3n) is 6.49. The number of alkyl halides is 3. The maximum absolute atomic E-state index is 12.4. The number of carbonyl (C=O) groups excluding carboxylic acids is 2. The van der Waals surface area contributed by atoms with E-state index in [-0.39, 0.29) is 18.4 Å². The van der Waals surface area contributed by atoms with Gasteiger partial charge in [0.15, 0.2) is 6.61 Å². The van der Waals surface area contributed by atoms with E-state index < -0.39 is 12.1 Å². The number of halogens is 3. The molecule has 1 fully saturated rings. The first-order chi connectivity index (χ1) is 19.0. The van der Waals surface area contributed by atoms with Gasteiger partial charge in [0.2, 0.25) is 0 Å². The lowest BCUT2D eigenvalue weighted by atomic mass is 10.1. The van der Waals surface area contributed by atoms with Crippen LogP contribution in [0, 0.1) is 0 Å². The lowest BCUT2D eigenvalue weighted by Crippen LogP contribution is -2.48. The van der Waals surface area contributed by atoms with Crippen LogP contribution in [0.3, 0.4) is 0 Å².